The molecule has 0 N–H and O–H groups in total. The van der Waals surface area contributed by atoms with Gasteiger partial charge >= 0.3 is 12.2 Å². The van der Waals surface area contributed by atoms with E-state index in [9.17, 15) is 13.2 Å². The van der Waals surface area contributed by atoms with Gasteiger partial charge < -0.3 is 9.30 Å². The SMILES string of the molecule is CSc1cc(Cl)nc(OCc2ccc(-c3nc(C(F)(F)F)cn3C)cc2)n1. The van der Waals surface area contributed by atoms with Crippen molar-refractivity contribution < 1.29 is 17.9 Å². The Balaban J connectivity index is 1.73. The lowest BCUT2D eigenvalue weighted by molar-refractivity contribution is -0.140. The third-order valence-electron chi connectivity index (χ3n) is 3.61. The zero-order valence-electron chi connectivity index (χ0n) is 14.3. The van der Waals surface area contributed by atoms with Crippen molar-refractivity contribution in [3.05, 3.63) is 52.9 Å². The smallest absolute Gasteiger partial charge is 0.434 e. The van der Waals surface area contributed by atoms with E-state index >= 15 is 0 Å². The van der Waals surface area contributed by atoms with Crippen LogP contribution in [0.5, 0.6) is 6.01 Å². The molecule has 27 heavy (non-hydrogen) atoms. The standard InChI is InChI=1S/C17H14ClF3N4OS/c1-25-8-12(17(19,20)21)22-15(25)11-5-3-10(4-6-11)9-26-16-23-13(18)7-14(24-16)27-2/h3-8H,9H2,1-2H3. The summed E-state index contributed by atoms with van der Waals surface area (Å²) in [5, 5.41) is 0.977. The molecule has 0 aliphatic carbocycles. The van der Waals surface area contributed by atoms with Crippen LogP contribution >= 0.6 is 23.4 Å². The first-order valence-electron chi connectivity index (χ1n) is 7.67. The largest absolute Gasteiger partial charge is 0.459 e. The number of hydrogen-bond donors (Lipinski definition) is 0. The molecule has 0 radical (unpaired) electrons. The van der Waals surface area contributed by atoms with E-state index in [0.29, 0.717) is 10.6 Å². The summed E-state index contributed by atoms with van der Waals surface area (Å²) in [5.74, 6) is 0.234. The molecule has 142 valence electrons. The van der Waals surface area contributed by atoms with Crippen molar-refractivity contribution in [1.82, 2.24) is 19.5 Å². The molecule has 0 saturated heterocycles. The minimum Gasteiger partial charge on any atom is -0.459 e. The van der Waals surface area contributed by atoms with Gasteiger partial charge in [-0.3, -0.25) is 0 Å². The molecule has 0 spiro atoms. The van der Waals surface area contributed by atoms with Crippen LogP contribution in [0, 0.1) is 0 Å². The Morgan fingerprint density at radius 3 is 2.44 bits per heavy atom. The molecule has 0 saturated carbocycles. The summed E-state index contributed by atoms with van der Waals surface area (Å²) in [6.07, 6.45) is -1.65. The minimum absolute atomic E-state index is 0.162. The van der Waals surface area contributed by atoms with E-state index in [4.69, 9.17) is 16.3 Å². The van der Waals surface area contributed by atoms with E-state index < -0.39 is 11.9 Å². The van der Waals surface area contributed by atoms with Crippen LogP contribution in [-0.2, 0) is 19.8 Å². The number of alkyl halides is 3. The lowest BCUT2D eigenvalue weighted by atomic mass is 10.1. The summed E-state index contributed by atoms with van der Waals surface area (Å²) in [6, 6.07) is 8.67. The molecule has 2 aromatic heterocycles. The Morgan fingerprint density at radius 2 is 1.85 bits per heavy atom. The number of nitrogens with zero attached hydrogens (tertiary/aromatic N) is 4. The molecule has 0 bridgehead atoms. The Hall–Kier alpha value is -2.26. The molecular formula is C17H14ClF3N4OS. The number of aromatic nitrogens is 4. The molecule has 0 aliphatic rings. The van der Waals surface area contributed by atoms with Crippen molar-refractivity contribution in [3.63, 3.8) is 0 Å². The van der Waals surface area contributed by atoms with Crippen molar-refractivity contribution in [2.45, 2.75) is 17.8 Å². The first kappa shape index (κ1) is 19.5. The molecule has 0 atom stereocenters. The summed E-state index contributed by atoms with van der Waals surface area (Å²) in [4.78, 5) is 11.9. The molecule has 0 aliphatic heterocycles. The maximum Gasteiger partial charge on any atom is 0.434 e. The number of rotatable bonds is 5. The van der Waals surface area contributed by atoms with E-state index in [1.807, 2.05) is 6.26 Å². The average molecular weight is 415 g/mol. The van der Waals surface area contributed by atoms with Gasteiger partial charge in [0.15, 0.2) is 5.69 Å². The number of hydrogen-bond acceptors (Lipinski definition) is 5. The highest BCUT2D eigenvalue weighted by Gasteiger charge is 2.34. The van der Waals surface area contributed by atoms with Crippen LogP contribution in [0.3, 0.4) is 0 Å². The highest BCUT2D eigenvalue weighted by Crippen LogP contribution is 2.30. The molecule has 0 amide bonds. The number of benzene rings is 1. The Labute approximate surface area is 162 Å². The summed E-state index contributed by atoms with van der Waals surface area (Å²) < 4.78 is 45.3. The fraction of sp³-hybridized carbons (Fsp3) is 0.235. The fourth-order valence-electron chi connectivity index (χ4n) is 2.32. The second-order valence-electron chi connectivity index (χ2n) is 5.56. The van der Waals surface area contributed by atoms with Crippen molar-refractivity contribution in [2.75, 3.05) is 6.26 Å². The first-order valence-corrected chi connectivity index (χ1v) is 9.28. The lowest BCUT2D eigenvalue weighted by Crippen LogP contribution is -2.04. The Bertz CT molecular complexity index is 944. The molecular weight excluding hydrogens is 401 g/mol. The van der Waals surface area contributed by atoms with Crippen LogP contribution in [0.15, 0.2) is 41.6 Å². The van der Waals surface area contributed by atoms with Gasteiger partial charge in [0.05, 0.1) is 0 Å². The lowest BCUT2D eigenvalue weighted by Gasteiger charge is -2.07. The Kier molecular flexibility index (Phi) is 5.61. The zero-order chi connectivity index (χ0) is 19.6. The quantitative estimate of drug-likeness (QED) is 0.441. The predicted molar refractivity (Wildman–Crippen MR) is 96.8 cm³/mol. The van der Waals surface area contributed by atoms with E-state index in [-0.39, 0.29) is 23.6 Å². The highest BCUT2D eigenvalue weighted by molar-refractivity contribution is 7.98. The molecule has 2 heterocycles. The van der Waals surface area contributed by atoms with Crippen LogP contribution < -0.4 is 4.74 Å². The van der Waals surface area contributed by atoms with Crippen LogP contribution in [0.1, 0.15) is 11.3 Å². The molecule has 1 aromatic carbocycles. The van der Waals surface area contributed by atoms with Crippen molar-refractivity contribution >= 4 is 23.4 Å². The summed E-state index contributed by atoms with van der Waals surface area (Å²) >= 11 is 7.33. The van der Waals surface area contributed by atoms with Gasteiger partial charge in [-0.25, -0.2) is 4.98 Å². The van der Waals surface area contributed by atoms with Crippen LogP contribution in [0.4, 0.5) is 13.2 Å². The van der Waals surface area contributed by atoms with E-state index in [1.165, 1.54) is 23.4 Å². The predicted octanol–water partition coefficient (Wildman–Crippen LogP) is 4.85. The number of aryl methyl sites for hydroxylation is 1. The van der Waals surface area contributed by atoms with Gasteiger partial charge in [-0.2, -0.15) is 23.1 Å². The molecule has 0 unspecified atom stereocenters. The van der Waals surface area contributed by atoms with Gasteiger partial charge in [0.2, 0.25) is 0 Å². The third-order valence-corrected chi connectivity index (χ3v) is 4.43. The van der Waals surface area contributed by atoms with Gasteiger partial charge in [-0.05, 0) is 11.8 Å². The maximum absolute atomic E-state index is 12.8. The van der Waals surface area contributed by atoms with E-state index in [2.05, 4.69) is 15.0 Å². The van der Waals surface area contributed by atoms with Crippen LogP contribution in [0.2, 0.25) is 5.15 Å². The highest BCUT2D eigenvalue weighted by atomic mass is 35.5. The maximum atomic E-state index is 12.8. The molecule has 3 rings (SSSR count). The number of ether oxygens (including phenoxy) is 1. The van der Waals surface area contributed by atoms with Gasteiger partial charge in [0.25, 0.3) is 0 Å². The fourth-order valence-corrected chi connectivity index (χ4v) is 2.95. The van der Waals surface area contributed by atoms with Gasteiger partial charge in [0.1, 0.15) is 22.6 Å². The Morgan fingerprint density at radius 1 is 1.15 bits per heavy atom. The van der Waals surface area contributed by atoms with Gasteiger partial charge in [-0.1, -0.05) is 35.9 Å². The summed E-state index contributed by atoms with van der Waals surface area (Å²) in [7, 11) is 1.52. The zero-order valence-corrected chi connectivity index (χ0v) is 15.9. The molecule has 10 heteroatoms. The van der Waals surface area contributed by atoms with E-state index in [1.54, 1.807) is 30.3 Å². The topological polar surface area (TPSA) is 52.8 Å². The third kappa shape index (κ3) is 4.72. The van der Waals surface area contributed by atoms with Crippen molar-refractivity contribution in [3.8, 4) is 17.4 Å². The second kappa shape index (κ2) is 7.77. The van der Waals surface area contributed by atoms with E-state index in [0.717, 1.165) is 11.8 Å². The summed E-state index contributed by atoms with van der Waals surface area (Å²) in [6.45, 7) is 0.197. The van der Waals surface area contributed by atoms with Gasteiger partial charge in [0, 0.05) is 24.9 Å². The number of thioether (sulfide) groups is 1. The first-order chi connectivity index (χ1) is 12.8. The molecule has 3 aromatic rings. The van der Waals surface area contributed by atoms with Crippen molar-refractivity contribution in [2.24, 2.45) is 7.05 Å². The average Bonchev–Trinajstić information content (AvgIpc) is 3.02. The molecule has 5 nitrogen and oxygen atoms in total. The monoisotopic (exact) mass is 414 g/mol. The van der Waals surface area contributed by atoms with Crippen LogP contribution in [0.25, 0.3) is 11.4 Å². The number of imidazole rings is 1. The van der Waals surface area contributed by atoms with Crippen molar-refractivity contribution in [1.29, 1.82) is 0 Å². The second-order valence-corrected chi connectivity index (χ2v) is 6.77. The minimum atomic E-state index is -4.48. The molecule has 0 fully saturated rings. The van der Waals surface area contributed by atoms with Crippen LogP contribution in [-0.4, -0.2) is 25.8 Å². The number of halogens is 4. The summed E-state index contributed by atoms with van der Waals surface area (Å²) in [5.41, 5.74) is 0.453. The van der Waals surface area contributed by atoms with Gasteiger partial charge in [-0.15, -0.1) is 11.8 Å². The normalized spacial score (nSPS) is 11.6.